The van der Waals surface area contributed by atoms with Crippen molar-refractivity contribution in [2.45, 2.75) is 6.42 Å². The van der Waals surface area contributed by atoms with Crippen molar-refractivity contribution in [1.82, 2.24) is 4.98 Å². The third-order valence-electron chi connectivity index (χ3n) is 2.88. The van der Waals surface area contributed by atoms with Gasteiger partial charge in [-0.2, -0.15) is 0 Å². The number of anilines is 1. The van der Waals surface area contributed by atoms with E-state index in [1.807, 2.05) is 6.07 Å². The number of pyridine rings is 1. The number of nitro groups is 1. The van der Waals surface area contributed by atoms with Crippen molar-refractivity contribution in [1.29, 1.82) is 0 Å². The van der Waals surface area contributed by atoms with Crippen molar-refractivity contribution in [2.24, 2.45) is 0 Å². The molecule has 0 aliphatic carbocycles. The average Bonchev–Trinajstić information content (AvgIpc) is 2.47. The lowest BCUT2D eigenvalue weighted by Crippen LogP contribution is -2.27. The molecule has 102 valence electrons. The summed E-state index contributed by atoms with van der Waals surface area (Å²) in [5, 5.41) is 10.7. The van der Waals surface area contributed by atoms with Gasteiger partial charge in [0.1, 0.15) is 0 Å². The summed E-state index contributed by atoms with van der Waals surface area (Å²) in [7, 11) is 1.60. The maximum atomic E-state index is 12.1. The molecule has 0 aliphatic heterocycles. The Bertz CT molecular complexity index is 629. The van der Waals surface area contributed by atoms with Gasteiger partial charge in [-0.3, -0.25) is 19.9 Å². The molecule has 0 spiro atoms. The van der Waals surface area contributed by atoms with Crippen LogP contribution in [0.4, 0.5) is 11.4 Å². The summed E-state index contributed by atoms with van der Waals surface area (Å²) >= 11 is 0. The van der Waals surface area contributed by atoms with Crippen LogP contribution in [-0.2, 0) is 11.2 Å². The van der Waals surface area contributed by atoms with Gasteiger partial charge in [-0.25, -0.2) is 0 Å². The molecule has 6 nitrogen and oxygen atoms in total. The number of carbonyl (C=O) groups is 1. The van der Waals surface area contributed by atoms with E-state index in [-0.39, 0.29) is 18.0 Å². The van der Waals surface area contributed by atoms with Crippen molar-refractivity contribution in [3.63, 3.8) is 0 Å². The Labute approximate surface area is 115 Å². The van der Waals surface area contributed by atoms with Crippen molar-refractivity contribution >= 4 is 17.3 Å². The quantitative estimate of drug-likeness (QED) is 0.631. The largest absolute Gasteiger partial charge is 0.315 e. The lowest BCUT2D eigenvalue weighted by Gasteiger charge is -2.17. The van der Waals surface area contributed by atoms with Gasteiger partial charge in [-0.1, -0.05) is 12.1 Å². The zero-order valence-corrected chi connectivity index (χ0v) is 10.9. The van der Waals surface area contributed by atoms with E-state index in [4.69, 9.17) is 0 Å². The molecule has 0 radical (unpaired) electrons. The van der Waals surface area contributed by atoms with Gasteiger partial charge in [-0.05, 0) is 17.7 Å². The van der Waals surface area contributed by atoms with Crippen molar-refractivity contribution < 1.29 is 9.72 Å². The topological polar surface area (TPSA) is 76.3 Å². The number of amides is 1. The minimum atomic E-state index is -0.483. The lowest BCUT2D eigenvalue weighted by molar-refractivity contribution is -0.384. The van der Waals surface area contributed by atoms with Crippen LogP contribution < -0.4 is 4.90 Å². The number of non-ortho nitro benzene ring substituents is 1. The number of carbonyl (C=O) groups excluding carboxylic acids is 1. The molecule has 6 heteroatoms. The molecule has 0 atom stereocenters. The fraction of sp³-hybridized carbons (Fsp3) is 0.143. The van der Waals surface area contributed by atoms with Gasteiger partial charge >= 0.3 is 0 Å². The van der Waals surface area contributed by atoms with Crippen molar-refractivity contribution in [3.05, 3.63) is 64.5 Å². The molecule has 0 saturated carbocycles. The molecule has 20 heavy (non-hydrogen) atoms. The first-order chi connectivity index (χ1) is 9.58. The molecule has 1 aromatic carbocycles. The zero-order chi connectivity index (χ0) is 14.5. The third kappa shape index (κ3) is 3.17. The van der Waals surface area contributed by atoms with E-state index < -0.39 is 4.92 Å². The van der Waals surface area contributed by atoms with E-state index in [1.54, 1.807) is 37.6 Å². The Balaban J connectivity index is 2.14. The van der Waals surface area contributed by atoms with Crippen molar-refractivity contribution in [3.8, 4) is 0 Å². The van der Waals surface area contributed by atoms with Gasteiger partial charge in [-0.15, -0.1) is 0 Å². The van der Waals surface area contributed by atoms with Crippen LogP contribution in [0.15, 0.2) is 48.8 Å². The monoisotopic (exact) mass is 271 g/mol. The standard InChI is InChI=1S/C14H13N3O3/c1-16(12-5-2-6-13(9-12)17(19)20)14(18)8-11-4-3-7-15-10-11/h2-7,9-10H,8H2,1H3. The van der Waals surface area contributed by atoms with Crippen LogP contribution in [0.25, 0.3) is 0 Å². The highest BCUT2D eigenvalue weighted by Crippen LogP contribution is 2.20. The number of hydrogen-bond acceptors (Lipinski definition) is 4. The van der Waals surface area contributed by atoms with Crippen molar-refractivity contribution in [2.75, 3.05) is 11.9 Å². The molecule has 1 aromatic heterocycles. The number of rotatable bonds is 4. The van der Waals surface area contributed by atoms with E-state index in [9.17, 15) is 14.9 Å². The minimum absolute atomic E-state index is 0.0384. The second kappa shape index (κ2) is 5.92. The summed E-state index contributed by atoms with van der Waals surface area (Å²) in [6, 6.07) is 9.56. The number of hydrogen-bond donors (Lipinski definition) is 0. The molecule has 2 rings (SSSR count). The molecule has 1 heterocycles. The predicted octanol–water partition coefficient (Wildman–Crippen LogP) is 2.20. The molecular weight excluding hydrogens is 258 g/mol. The zero-order valence-electron chi connectivity index (χ0n) is 10.9. The van der Waals surface area contributed by atoms with E-state index in [0.29, 0.717) is 5.69 Å². The fourth-order valence-electron chi connectivity index (χ4n) is 1.76. The van der Waals surface area contributed by atoms with Gasteiger partial charge in [0.15, 0.2) is 0 Å². The first-order valence-electron chi connectivity index (χ1n) is 5.98. The van der Waals surface area contributed by atoms with Crippen LogP contribution in [0, 0.1) is 10.1 Å². The highest BCUT2D eigenvalue weighted by atomic mass is 16.6. The van der Waals surface area contributed by atoms with Gasteiger partial charge in [0.2, 0.25) is 5.91 Å². The summed E-state index contributed by atoms with van der Waals surface area (Å²) in [5.41, 5.74) is 1.26. The number of likely N-dealkylation sites (N-methyl/N-ethyl adjacent to an activating group) is 1. The number of nitrogens with zero attached hydrogens (tertiary/aromatic N) is 3. The summed E-state index contributed by atoms with van der Waals surface area (Å²) in [6.45, 7) is 0. The van der Waals surface area contributed by atoms with Crippen LogP contribution in [-0.4, -0.2) is 22.9 Å². The Morgan fingerprint density at radius 2 is 2.15 bits per heavy atom. The van der Waals surface area contributed by atoms with Gasteiger partial charge in [0, 0.05) is 31.6 Å². The summed E-state index contributed by atoms with van der Waals surface area (Å²) < 4.78 is 0. The molecule has 0 aliphatic rings. The molecule has 0 fully saturated rings. The van der Waals surface area contributed by atoms with Crippen LogP contribution in [0.3, 0.4) is 0 Å². The highest BCUT2D eigenvalue weighted by Gasteiger charge is 2.14. The Hall–Kier alpha value is -2.76. The second-order valence-electron chi connectivity index (χ2n) is 4.27. The summed E-state index contributed by atoms with van der Waals surface area (Å²) in [4.78, 5) is 27.7. The number of aromatic nitrogens is 1. The van der Waals surface area contributed by atoms with Crippen LogP contribution >= 0.6 is 0 Å². The molecule has 0 unspecified atom stereocenters. The molecular formula is C14H13N3O3. The maximum absolute atomic E-state index is 12.1. The summed E-state index contributed by atoms with van der Waals surface area (Å²) in [5.74, 6) is -0.154. The first-order valence-corrected chi connectivity index (χ1v) is 5.98. The molecule has 2 aromatic rings. The van der Waals surface area contributed by atoms with E-state index in [1.165, 1.54) is 17.0 Å². The Morgan fingerprint density at radius 3 is 2.80 bits per heavy atom. The molecule has 1 amide bonds. The fourth-order valence-corrected chi connectivity index (χ4v) is 1.76. The second-order valence-corrected chi connectivity index (χ2v) is 4.27. The first kappa shape index (κ1) is 13.7. The van der Waals surface area contributed by atoms with E-state index in [2.05, 4.69) is 4.98 Å². The SMILES string of the molecule is CN(C(=O)Cc1cccnc1)c1cccc([N+](=O)[O-])c1. The smallest absolute Gasteiger partial charge is 0.271 e. The van der Waals surface area contributed by atoms with Gasteiger partial charge in [0.25, 0.3) is 5.69 Å². The van der Waals surface area contributed by atoms with Crippen LogP contribution in [0.1, 0.15) is 5.56 Å². The Morgan fingerprint density at radius 1 is 1.35 bits per heavy atom. The highest BCUT2D eigenvalue weighted by molar-refractivity contribution is 5.94. The van der Waals surface area contributed by atoms with E-state index in [0.717, 1.165) is 5.56 Å². The van der Waals surface area contributed by atoms with Gasteiger partial charge in [0.05, 0.1) is 17.0 Å². The number of benzene rings is 1. The van der Waals surface area contributed by atoms with Crippen LogP contribution in [0.2, 0.25) is 0 Å². The van der Waals surface area contributed by atoms with Gasteiger partial charge < -0.3 is 4.90 Å². The minimum Gasteiger partial charge on any atom is -0.315 e. The molecule has 0 bridgehead atoms. The molecule has 0 N–H and O–H groups in total. The normalized spacial score (nSPS) is 10.1. The number of nitro benzene ring substituents is 1. The molecule has 0 saturated heterocycles. The summed E-state index contributed by atoms with van der Waals surface area (Å²) in [6.07, 6.45) is 3.46. The maximum Gasteiger partial charge on any atom is 0.271 e. The lowest BCUT2D eigenvalue weighted by atomic mass is 10.2. The Kier molecular flexibility index (Phi) is 4.05. The van der Waals surface area contributed by atoms with Crippen LogP contribution in [0.5, 0.6) is 0 Å². The predicted molar refractivity (Wildman–Crippen MR) is 74.4 cm³/mol. The third-order valence-corrected chi connectivity index (χ3v) is 2.88. The van der Waals surface area contributed by atoms with E-state index >= 15 is 0 Å². The average molecular weight is 271 g/mol.